The van der Waals surface area contributed by atoms with Gasteiger partial charge in [-0.1, -0.05) is 42.4 Å². The molecule has 6 heteroatoms. The number of carbonyl (C=O) groups is 1. The van der Waals surface area contributed by atoms with Gasteiger partial charge in [-0.2, -0.15) is 4.98 Å². The molecular weight excluding hydrogens is 304 g/mol. The zero-order valence-corrected chi connectivity index (χ0v) is 14.1. The quantitative estimate of drug-likeness (QED) is 0.841. The van der Waals surface area contributed by atoms with E-state index in [-0.39, 0.29) is 5.91 Å². The standard InChI is InChI=1S/C18H24N4O2/c1-2-17-20-16(21-24-17)10-11-19-15-8-9-18(23)22(13-15)12-14-6-4-3-5-7-14/h3-7,15,19H,2,8-13H2,1H3/t15-/m0/s1. The van der Waals surface area contributed by atoms with Crippen molar-refractivity contribution in [2.75, 3.05) is 13.1 Å². The number of likely N-dealkylation sites (tertiary alicyclic amines) is 1. The van der Waals surface area contributed by atoms with Crippen molar-refractivity contribution in [1.29, 1.82) is 0 Å². The first-order chi connectivity index (χ1) is 11.7. The van der Waals surface area contributed by atoms with Gasteiger partial charge in [0.05, 0.1) is 0 Å². The van der Waals surface area contributed by atoms with Crippen LogP contribution in [0.1, 0.15) is 37.0 Å². The number of hydrogen-bond acceptors (Lipinski definition) is 5. The summed E-state index contributed by atoms with van der Waals surface area (Å²) in [6.07, 6.45) is 3.00. The van der Waals surface area contributed by atoms with Gasteiger partial charge >= 0.3 is 0 Å². The van der Waals surface area contributed by atoms with Crippen LogP contribution in [0.25, 0.3) is 0 Å². The highest BCUT2D eigenvalue weighted by molar-refractivity contribution is 5.77. The zero-order valence-electron chi connectivity index (χ0n) is 14.1. The zero-order chi connectivity index (χ0) is 16.8. The average molecular weight is 328 g/mol. The second kappa shape index (κ2) is 8.06. The lowest BCUT2D eigenvalue weighted by Crippen LogP contribution is -2.48. The summed E-state index contributed by atoms with van der Waals surface area (Å²) in [5.41, 5.74) is 1.17. The fourth-order valence-electron chi connectivity index (χ4n) is 2.96. The molecule has 1 saturated heterocycles. The highest BCUT2D eigenvalue weighted by Crippen LogP contribution is 2.15. The molecule has 2 aromatic rings. The number of nitrogens with zero attached hydrogens (tertiary/aromatic N) is 3. The SMILES string of the molecule is CCc1nc(CCN[C@H]2CCC(=O)N(Cc3ccccc3)C2)no1. The van der Waals surface area contributed by atoms with Crippen LogP contribution in [0.5, 0.6) is 0 Å². The van der Waals surface area contributed by atoms with Crippen LogP contribution in [-0.2, 0) is 24.2 Å². The minimum atomic E-state index is 0.239. The van der Waals surface area contributed by atoms with Gasteiger partial charge in [0, 0.05) is 44.9 Å². The van der Waals surface area contributed by atoms with Crippen molar-refractivity contribution in [2.45, 2.75) is 45.2 Å². The Balaban J connectivity index is 1.47. The first kappa shape index (κ1) is 16.6. The van der Waals surface area contributed by atoms with Crippen LogP contribution in [0.2, 0.25) is 0 Å². The third-order valence-corrected chi connectivity index (χ3v) is 4.31. The Labute approximate surface area is 142 Å². The fourth-order valence-corrected chi connectivity index (χ4v) is 2.96. The molecule has 0 unspecified atom stereocenters. The Morgan fingerprint density at radius 1 is 1.33 bits per heavy atom. The summed E-state index contributed by atoms with van der Waals surface area (Å²) >= 11 is 0. The van der Waals surface area contributed by atoms with Crippen molar-refractivity contribution < 1.29 is 9.32 Å². The van der Waals surface area contributed by atoms with Gasteiger partial charge in [-0.3, -0.25) is 4.79 Å². The lowest BCUT2D eigenvalue weighted by atomic mass is 10.0. The normalized spacial score (nSPS) is 18.1. The van der Waals surface area contributed by atoms with E-state index >= 15 is 0 Å². The third-order valence-electron chi connectivity index (χ3n) is 4.31. The van der Waals surface area contributed by atoms with Gasteiger partial charge in [-0.25, -0.2) is 0 Å². The molecule has 1 amide bonds. The number of carbonyl (C=O) groups excluding carboxylic acids is 1. The van der Waals surface area contributed by atoms with Crippen molar-refractivity contribution in [3.8, 4) is 0 Å². The Morgan fingerprint density at radius 3 is 2.92 bits per heavy atom. The van der Waals surface area contributed by atoms with Crippen molar-refractivity contribution >= 4 is 5.91 Å². The summed E-state index contributed by atoms with van der Waals surface area (Å²) in [4.78, 5) is 18.4. The van der Waals surface area contributed by atoms with Gasteiger partial charge < -0.3 is 14.7 Å². The molecule has 0 saturated carbocycles. The molecule has 0 radical (unpaired) electrons. The highest BCUT2D eigenvalue weighted by atomic mass is 16.5. The van der Waals surface area contributed by atoms with Gasteiger partial charge in [-0.05, 0) is 12.0 Å². The van der Waals surface area contributed by atoms with E-state index in [0.29, 0.717) is 24.9 Å². The minimum absolute atomic E-state index is 0.239. The van der Waals surface area contributed by atoms with E-state index in [1.165, 1.54) is 5.56 Å². The van der Waals surface area contributed by atoms with Gasteiger partial charge in [0.25, 0.3) is 0 Å². The second-order valence-electron chi connectivity index (χ2n) is 6.16. The monoisotopic (exact) mass is 328 g/mol. The predicted molar refractivity (Wildman–Crippen MR) is 90.3 cm³/mol. The van der Waals surface area contributed by atoms with Gasteiger partial charge in [0.2, 0.25) is 11.8 Å². The molecule has 128 valence electrons. The minimum Gasteiger partial charge on any atom is -0.339 e. The lowest BCUT2D eigenvalue weighted by molar-refractivity contribution is -0.134. The molecule has 1 aliphatic rings. The van der Waals surface area contributed by atoms with Crippen LogP contribution < -0.4 is 5.32 Å². The van der Waals surface area contributed by atoms with Crippen LogP contribution in [-0.4, -0.2) is 40.1 Å². The van der Waals surface area contributed by atoms with E-state index in [9.17, 15) is 4.79 Å². The molecular formula is C18H24N4O2. The Kier molecular flexibility index (Phi) is 5.59. The molecule has 0 aliphatic carbocycles. The van der Waals surface area contributed by atoms with Crippen LogP contribution in [0.15, 0.2) is 34.9 Å². The maximum atomic E-state index is 12.1. The molecule has 2 heterocycles. The lowest BCUT2D eigenvalue weighted by Gasteiger charge is -2.33. The molecule has 3 rings (SSSR count). The van der Waals surface area contributed by atoms with Crippen LogP contribution in [0, 0.1) is 0 Å². The van der Waals surface area contributed by atoms with Crippen molar-refractivity contribution in [1.82, 2.24) is 20.4 Å². The molecule has 1 atom stereocenters. The van der Waals surface area contributed by atoms with E-state index in [0.717, 1.165) is 38.2 Å². The summed E-state index contributed by atoms with van der Waals surface area (Å²) in [5.74, 6) is 1.66. The fraction of sp³-hybridized carbons (Fsp3) is 0.500. The van der Waals surface area contributed by atoms with Gasteiger partial charge in [0.1, 0.15) is 0 Å². The topological polar surface area (TPSA) is 71.3 Å². The molecule has 0 spiro atoms. The van der Waals surface area contributed by atoms with E-state index in [2.05, 4.69) is 27.6 Å². The van der Waals surface area contributed by atoms with Crippen LogP contribution in [0.4, 0.5) is 0 Å². The maximum absolute atomic E-state index is 12.1. The predicted octanol–water partition coefficient (Wildman–Crippen LogP) is 1.96. The van der Waals surface area contributed by atoms with Crippen molar-refractivity contribution in [3.05, 3.63) is 47.6 Å². The number of hydrogen-bond donors (Lipinski definition) is 1. The maximum Gasteiger partial charge on any atom is 0.226 e. The van der Waals surface area contributed by atoms with Gasteiger partial charge in [-0.15, -0.1) is 0 Å². The van der Waals surface area contributed by atoms with E-state index < -0.39 is 0 Å². The second-order valence-corrected chi connectivity index (χ2v) is 6.16. The Morgan fingerprint density at radius 2 is 2.17 bits per heavy atom. The van der Waals surface area contributed by atoms with E-state index in [1.54, 1.807) is 0 Å². The number of aromatic nitrogens is 2. The average Bonchev–Trinajstić information content (AvgIpc) is 3.07. The smallest absolute Gasteiger partial charge is 0.226 e. The number of benzene rings is 1. The van der Waals surface area contributed by atoms with Crippen molar-refractivity contribution in [2.24, 2.45) is 0 Å². The highest BCUT2D eigenvalue weighted by Gasteiger charge is 2.25. The first-order valence-corrected chi connectivity index (χ1v) is 8.61. The summed E-state index contributed by atoms with van der Waals surface area (Å²) < 4.78 is 5.11. The third kappa shape index (κ3) is 4.41. The molecule has 1 N–H and O–H groups in total. The van der Waals surface area contributed by atoms with Crippen LogP contribution >= 0.6 is 0 Å². The Hall–Kier alpha value is -2.21. The number of amides is 1. The molecule has 0 bridgehead atoms. The molecule has 1 aliphatic heterocycles. The molecule has 24 heavy (non-hydrogen) atoms. The van der Waals surface area contributed by atoms with Gasteiger partial charge in [0.15, 0.2) is 5.82 Å². The number of piperidine rings is 1. The number of nitrogens with one attached hydrogen (secondary N) is 1. The van der Waals surface area contributed by atoms with Crippen molar-refractivity contribution in [3.63, 3.8) is 0 Å². The summed E-state index contributed by atoms with van der Waals surface area (Å²) in [6, 6.07) is 10.5. The summed E-state index contributed by atoms with van der Waals surface area (Å²) in [5, 5.41) is 7.48. The van der Waals surface area contributed by atoms with E-state index in [1.807, 2.05) is 30.0 Å². The molecule has 1 aromatic carbocycles. The number of rotatable bonds is 7. The van der Waals surface area contributed by atoms with E-state index in [4.69, 9.17) is 4.52 Å². The summed E-state index contributed by atoms with van der Waals surface area (Å²) in [6.45, 7) is 4.22. The first-order valence-electron chi connectivity index (χ1n) is 8.61. The molecule has 6 nitrogen and oxygen atoms in total. The molecule has 1 aromatic heterocycles. The summed E-state index contributed by atoms with van der Waals surface area (Å²) in [7, 11) is 0. The Bertz CT molecular complexity index is 656. The number of aryl methyl sites for hydroxylation is 1. The van der Waals surface area contributed by atoms with Crippen LogP contribution in [0.3, 0.4) is 0 Å². The molecule has 1 fully saturated rings. The largest absolute Gasteiger partial charge is 0.339 e.